The minimum absolute atomic E-state index is 0.0378. The van der Waals surface area contributed by atoms with Crippen molar-refractivity contribution >= 4 is 22.4 Å². The van der Waals surface area contributed by atoms with Crippen LogP contribution in [0, 0.1) is 6.92 Å². The quantitative estimate of drug-likeness (QED) is 0.326. The molecule has 1 aliphatic rings. The molecule has 0 N–H and O–H groups in total. The van der Waals surface area contributed by atoms with E-state index in [1.807, 2.05) is 61.5 Å². The lowest BCUT2D eigenvalue weighted by atomic mass is 9.81. The zero-order valence-electron chi connectivity index (χ0n) is 18.1. The van der Waals surface area contributed by atoms with Crippen LogP contribution in [0.4, 0.5) is 18.9 Å². The number of nitrogens with zero attached hydrogens (tertiary/aromatic N) is 1. The molecular formula is C28H22F3NO. The number of halogens is 3. The van der Waals surface area contributed by atoms with Gasteiger partial charge >= 0.3 is 6.18 Å². The van der Waals surface area contributed by atoms with Gasteiger partial charge in [0.2, 0.25) is 5.91 Å². The fourth-order valence-corrected chi connectivity index (χ4v) is 4.76. The van der Waals surface area contributed by atoms with Crippen molar-refractivity contribution in [2.75, 3.05) is 4.90 Å². The van der Waals surface area contributed by atoms with E-state index in [9.17, 15) is 18.0 Å². The minimum atomic E-state index is -4.39. The number of fused-ring (bicyclic) bond motifs is 3. The fourth-order valence-electron chi connectivity index (χ4n) is 4.76. The predicted octanol–water partition coefficient (Wildman–Crippen LogP) is 7.24. The SMILES string of the molecule is Cc1cccc(CN2C(=O)CC(c3ccc(C(F)(F)F)cc3)c3c2ccc2ccccc32)c1. The van der Waals surface area contributed by atoms with E-state index >= 15 is 0 Å². The fraction of sp³-hybridized carbons (Fsp3) is 0.179. The van der Waals surface area contributed by atoms with E-state index < -0.39 is 11.7 Å². The number of alkyl halides is 3. The van der Waals surface area contributed by atoms with Gasteiger partial charge in [-0.1, -0.05) is 72.3 Å². The van der Waals surface area contributed by atoms with Crippen LogP contribution in [0.25, 0.3) is 10.8 Å². The molecule has 0 spiro atoms. The van der Waals surface area contributed by atoms with Gasteiger partial charge in [0.05, 0.1) is 12.1 Å². The topological polar surface area (TPSA) is 20.3 Å². The molecule has 0 saturated heterocycles. The second-order valence-electron chi connectivity index (χ2n) is 8.56. The second kappa shape index (κ2) is 8.07. The van der Waals surface area contributed by atoms with Crippen LogP contribution in [0.1, 0.15) is 40.2 Å². The summed E-state index contributed by atoms with van der Waals surface area (Å²) in [6.07, 6.45) is -4.19. The standard InChI is InChI=1S/C28H22F3NO/c1-18-5-4-6-19(15-18)17-32-25-14-11-20-7-2-3-8-23(20)27(25)24(16-26(32)33)21-9-12-22(13-10-21)28(29,30)31/h2-15,24H,16-17H2,1H3. The van der Waals surface area contributed by atoms with E-state index in [0.29, 0.717) is 12.1 Å². The zero-order valence-corrected chi connectivity index (χ0v) is 18.1. The van der Waals surface area contributed by atoms with Crippen molar-refractivity contribution in [1.82, 2.24) is 0 Å². The summed E-state index contributed by atoms with van der Waals surface area (Å²) in [5.74, 6) is -0.348. The molecule has 1 amide bonds. The summed E-state index contributed by atoms with van der Waals surface area (Å²) in [6.45, 7) is 2.47. The molecule has 4 aromatic carbocycles. The predicted molar refractivity (Wildman–Crippen MR) is 124 cm³/mol. The van der Waals surface area contributed by atoms with Gasteiger partial charge in [0.15, 0.2) is 0 Å². The molecule has 0 bridgehead atoms. The molecule has 1 aliphatic heterocycles. The van der Waals surface area contributed by atoms with Crippen molar-refractivity contribution in [3.05, 3.63) is 113 Å². The minimum Gasteiger partial charge on any atom is -0.308 e. The Morgan fingerprint density at radius 3 is 2.39 bits per heavy atom. The second-order valence-corrected chi connectivity index (χ2v) is 8.56. The first kappa shape index (κ1) is 21.3. The molecule has 33 heavy (non-hydrogen) atoms. The van der Waals surface area contributed by atoms with Gasteiger partial charge in [-0.3, -0.25) is 4.79 Å². The Labute approximate surface area is 190 Å². The highest BCUT2D eigenvalue weighted by molar-refractivity contribution is 6.03. The molecule has 1 unspecified atom stereocenters. The lowest BCUT2D eigenvalue weighted by molar-refractivity contribution is -0.137. The van der Waals surface area contributed by atoms with Crippen LogP contribution >= 0.6 is 0 Å². The maximum atomic E-state index is 13.3. The zero-order chi connectivity index (χ0) is 23.2. The van der Waals surface area contributed by atoms with Crippen LogP contribution in [0.5, 0.6) is 0 Å². The summed E-state index contributed by atoms with van der Waals surface area (Å²) in [7, 11) is 0. The smallest absolute Gasteiger partial charge is 0.308 e. The van der Waals surface area contributed by atoms with Crippen molar-refractivity contribution in [3.63, 3.8) is 0 Å². The first-order valence-corrected chi connectivity index (χ1v) is 10.9. The summed E-state index contributed by atoms with van der Waals surface area (Å²) < 4.78 is 39.3. The van der Waals surface area contributed by atoms with Crippen LogP contribution in [0.3, 0.4) is 0 Å². The van der Waals surface area contributed by atoms with Crippen molar-refractivity contribution in [2.24, 2.45) is 0 Å². The number of rotatable bonds is 3. The number of carbonyl (C=O) groups excluding carboxylic acids is 1. The average Bonchev–Trinajstić information content (AvgIpc) is 2.80. The Hall–Kier alpha value is -3.60. The van der Waals surface area contributed by atoms with Gasteiger partial charge in [-0.2, -0.15) is 13.2 Å². The molecule has 5 rings (SSSR count). The van der Waals surface area contributed by atoms with Gasteiger partial charge in [-0.25, -0.2) is 0 Å². The number of amides is 1. The highest BCUT2D eigenvalue weighted by Crippen LogP contribution is 2.45. The van der Waals surface area contributed by atoms with Crippen molar-refractivity contribution < 1.29 is 18.0 Å². The first-order chi connectivity index (χ1) is 15.8. The summed E-state index contributed by atoms with van der Waals surface area (Å²) >= 11 is 0. The van der Waals surface area contributed by atoms with E-state index in [2.05, 4.69) is 6.07 Å². The van der Waals surface area contributed by atoms with Crippen LogP contribution < -0.4 is 4.90 Å². The van der Waals surface area contributed by atoms with Gasteiger partial charge in [0.1, 0.15) is 0 Å². The van der Waals surface area contributed by atoms with Gasteiger partial charge in [0.25, 0.3) is 0 Å². The highest BCUT2D eigenvalue weighted by atomic mass is 19.4. The third-order valence-corrected chi connectivity index (χ3v) is 6.33. The number of hydrogen-bond acceptors (Lipinski definition) is 1. The average molecular weight is 445 g/mol. The van der Waals surface area contributed by atoms with Gasteiger partial charge in [-0.15, -0.1) is 0 Å². The molecule has 0 radical (unpaired) electrons. The molecule has 1 heterocycles. The highest BCUT2D eigenvalue weighted by Gasteiger charge is 2.35. The molecule has 4 aromatic rings. The summed E-state index contributed by atoms with van der Waals surface area (Å²) in [5.41, 5.74) is 3.99. The third-order valence-electron chi connectivity index (χ3n) is 6.33. The number of benzene rings is 4. The first-order valence-electron chi connectivity index (χ1n) is 10.9. The molecule has 0 fully saturated rings. The summed E-state index contributed by atoms with van der Waals surface area (Å²) in [5, 5.41) is 2.06. The molecule has 166 valence electrons. The number of anilines is 1. The van der Waals surface area contributed by atoms with Crippen molar-refractivity contribution in [3.8, 4) is 0 Å². The van der Waals surface area contributed by atoms with Gasteiger partial charge < -0.3 is 4.90 Å². The Kier molecular flexibility index (Phi) is 5.20. The van der Waals surface area contributed by atoms with Crippen molar-refractivity contribution in [1.29, 1.82) is 0 Å². The van der Waals surface area contributed by atoms with Gasteiger partial charge in [-0.05, 0) is 52.6 Å². The molecule has 2 nitrogen and oxygen atoms in total. The molecule has 0 aromatic heterocycles. The normalized spacial score (nSPS) is 16.2. The van der Waals surface area contributed by atoms with E-state index in [1.165, 1.54) is 12.1 Å². The van der Waals surface area contributed by atoms with Crippen LogP contribution in [0.15, 0.2) is 84.9 Å². The monoisotopic (exact) mass is 445 g/mol. The number of hydrogen-bond donors (Lipinski definition) is 0. The van der Waals surface area contributed by atoms with Gasteiger partial charge in [0, 0.05) is 18.0 Å². The largest absolute Gasteiger partial charge is 0.416 e. The summed E-state index contributed by atoms with van der Waals surface area (Å²) in [4.78, 5) is 15.1. The Bertz CT molecular complexity index is 1340. The lowest BCUT2D eigenvalue weighted by Gasteiger charge is -2.35. The van der Waals surface area contributed by atoms with E-state index in [-0.39, 0.29) is 18.2 Å². The Morgan fingerprint density at radius 2 is 1.67 bits per heavy atom. The maximum Gasteiger partial charge on any atom is 0.416 e. The summed E-state index contributed by atoms with van der Waals surface area (Å²) in [6, 6.07) is 25.2. The molecule has 0 aliphatic carbocycles. The molecule has 5 heteroatoms. The number of carbonyl (C=O) groups is 1. The van der Waals surface area contributed by atoms with Crippen LogP contribution in [-0.4, -0.2) is 5.91 Å². The van der Waals surface area contributed by atoms with E-state index in [0.717, 1.165) is 45.3 Å². The van der Waals surface area contributed by atoms with E-state index in [4.69, 9.17) is 0 Å². The molecule has 0 saturated carbocycles. The Morgan fingerprint density at radius 1 is 0.909 bits per heavy atom. The molecular weight excluding hydrogens is 423 g/mol. The van der Waals surface area contributed by atoms with Crippen LogP contribution in [-0.2, 0) is 17.5 Å². The van der Waals surface area contributed by atoms with Crippen LogP contribution in [0.2, 0.25) is 0 Å². The number of aryl methyl sites for hydroxylation is 1. The molecule has 1 atom stereocenters. The third kappa shape index (κ3) is 3.99. The van der Waals surface area contributed by atoms with Crippen molar-refractivity contribution in [2.45, 2.75) is 32.0 Å². The lowest BCUT2D eigenvalue weighted by Crippen LogP contribution is -2.36. The Balaban J connectivity index is 1.64. The van der Waals surface area contributed by atoms with E-state index in [1.54, 1.807) is 4.90 Å². The maximum absolute atomic E-state index is 13.3.